The Bertz CT molecular complexity index is 357. The number of hydrogen-bond acceptors (Lipinski definition) is 7. The molecule has 0 bridgehead atoms. The van der Waals surface area contributed by atoms with E-state index in [0.29, 0.717) is 0 Å². The Morgan fingerprint density at radius 3 is 0.950 bits per heavy atom. The van der Waals surface area contributed by atoms with E-state index in [-0.39, 0.29) is 0 Å². The molecule has 0 spiro atoms. The Hall–Kier alpha value is -1.41. The minimum atomic E-state index is 1.60. The molecule has 0 aliphatic heterocycles. The van der Waals surface area contributed by atoms with Crippen molar-refractivity contribution < 1.29 is 0 Å². The molecule has 0 unspecified atom stereocenters. The zero-order valence-electron chi connectivity index (χ0n) is 10.5. The quantitative estimate of drug-likeness (QED) is 0.443. The van der Waals surface area contributed by atoms with Gasteiger partial charge in [0.15, 0.2) is 0 Å². The molecule has 7 heteroatoms. The molecule has 0 aliphatic rings. The fourth-order valence-corrected chi connectivity index (χ4v) is 2.26. The lowest BCUT2D eigenvalue weighted by atomic mass is 10.7. The van der Waals surface area contributed by atoms with Crippen LogP contribution < -0.4 is 0 Å². The van der Waals surface area contributed by atoms with E-state index in [1.807, 2.05) is 39.0 Å². The molecule has 0 aromatic carbocycles. The fourth-order valence-electron chi connectivity index (χ4n) is 0.754. The molecule has 0 radical (unpaired) electrons. The van der Waals surface area contributed by atoms with Crippen molar-refractivity contribution >= 4 is 45.3 Å². The molecule has 4 heterocycles. The molecular weight excluding hydrogens is 326 g/mol. The summed E-state index contributed by atoms with van der Waals surface area (Å²) in [5.74, 6) is 0. The summed E-state index contributed by atoms with van der Waals surface area (Å²) in [4.78, 5) is 11.2. The van der Waals surface area contributed by atoms with Crippen LogP contribution in [0.5, 0.6) is 0 Å². The standard InChI is InChI=1S/C4H4S.3C3H3NS/c1-2-4-5-3-1;3*1-2-5-3-4-1/h1-4H;3*1-3H. The van der Waals surface area contributed by atoms with Crippen LogP contribution in [0.2, 0.25) is 0 Å². The van der Waals surface area contributed by atoms with Crippen molar-refractivity contribution in [3.63, 3.8) is 0 Å². The number of aromatic nitrogens is 3. The second-order valence-electron chi connectivity index (χ2n) is 2.82. The van der Waals surface area contributed by atoms with E-state index < -0.39 is 0 Å². The van der Waals surface area contributed by atoms with Crippen LogP contribution in [0.15, 0.2) is 74.2 Å². The molecule has 3 nitrogen and oxygen atoms in total. The molecule has 104 valence electrons. The van der Waals surface area contributed by atoms with E-state index in [4.69, 9.17) is 0 Å². The molecule has 0 aliphatic carbocycles. The number of rotatable bonds is 0. The molecule has 0 saturated heterocycles. The van der Waals surface area contributed by atoms with Crippen molar-refractivity contribution in [2.45, 2.75) is 0 Å². The third kappa shape index (κ3) is 11.7. The van der Waals surface area contributed by atoms with E-state index in [2.05, 4.69) is 15.0 Å². The van der Waals surface area contributed by atoms with Gasteiger partial charge in [0.25, 0.3) is 0 Å². The predicted octanol–water partition coefficient (Wildman–Crippen LogP) is 5.18. The van der Waals surface area contributed by atoms with Gasteiger partial charge in [-0.05, 0) is 10.8 Å². The first-order chi connectivity index (χ1) is 10.0. The van der Waals surface area contributed by atoms with Crippen LogP contribution in [-0.2, 0) is 0 Å². The Balaban J connectivity index is 0.000000133. The van der Waals surface area contributed by atoms with Crippen molar-refractivity contribution in [1.29, 1.82) is 0 Å². The summed E-state index contributed by atoms with van der Waals surface area (Å²) in [5.41, 5.74) is 5.38. The maximum absolute atomic E-state index is 3.74. The lowest BCUT2D eigenvalue weighted by Crippen LogP contribution is -1.38. The topological polar surface area (TPSA) is 38.7 Å². The highest BCUT2D eigenvalue weighted by molar-refractivity contribution is 7.08. The highest BCUT2D eigenvalue weighted by atomic mass is 32.1. The summed E-state index contributed by atoms with van der Waals surface area (Å²) in [5, 5.41) is 9.88. The van der Waals surface area contributed by atoms with Gasteiger partial charge in [-0.3, -0.25) is 15.0 Å². The largest absolute Gasteiger partial charge is 0.253 e. The van der Waals surface area contributed by atoms with Crippen molar-refractivity contribution in [3.8, 4) is 0 Å². The normalized spacial score (nSPS) is 8.00. The molecule has 4 aromatic heterocycles. The Morgan fingerprint density at radius 1 is 0.450 bits per heavy atom. The average molecular weight is 340 g/mol. The van der Waals surface area contributed by atoms with Gasteiger partial charge < -0.3 is 0 Å². The van der Waals surface area contributed by atoms with Crippen molar-refractivity contribution in [2.24, 2.45) is 0 Å². The first-order valence-electron chi connectivity index (χ1n) is 5.43. The van der Waals surface area contributed by atoms with Gasteiger partial charge in [0, 0.05) is 34.7 Å². The van der Waals surface area contributed by atoms with Gasteiger partial charge in [-0.2, -0.15) is 11.3 Å². The Morgan fingerprint density at radius 2 is 0.850 bits per heavy atom. The maximum atomic E-state index is 3.74. The minimum absolute atomic E-state index is 1.60. The highest BCUT2D eigenvalue weighted by Crippen LogP contribution is 1.91. The van der Waals surface area contributed by atoms with Crippen LogP contribution in [0.25, 0.3) is 0 Å². The summed E-state index contributed by atoms with van der Waals surface area (Å²) in [7, 11) is 0. The predicted molar refractivity (Wildman–Crippen MR) is 90.7 cm³/mol. The second-order valence-corrected chi connectivity index (χ2v) is 5.90. The van der Waals surface area contributed by atoms with Gasteiger partial charge in [-0.15, -0.1) is 34.0 Å². The second kappa shape index (κ2) is 14.0. The highest BCUT2D eigenvalue weighted by Gasteiger charge is 1.60. The molecular formula is C13H13N3S4. The van der Waals surface area contributed by atoms with E-state index in [1.54, 1.807) is 80.5 Å². The lowest BCUT2D eigenvalue weighted by Gasteiger charge is -1.41. The first-order valence-corrected chi connectivity index (χ1v) is 9.21. The smallest absolute Gasteiger partial charge is 0.0791 e. The molecule has 0 atom stereocenters. The van der Waals surface area contributed by atoms with E-state index >= 15 is 0 Å². The van der Waals surface area contributed by atoms with Gasteiger partial charge >= 0.3 is 0 Å². The fraction of sp³-hybridized carbons (Fsp3) is 0. The SMILES string of the molecule is c1ccsc1.c1cscn1.c1cscn1.c1cscn1. The summed E-state index contributed by atoms with van der Waals surface area (Å²) in [6, 6.07) is 4.04. The summed E-state index contributed by atoms with van der Waals surface area (Å²) >= 11 is 6.52. The molecule has 4 rings (SSSR count). The van der Waals surface area contributed by atoms with Crippen LogP contribution in [-0.4, -0.2) is 15.0 Å². The van der Waals surface area contributed by atoms with Crippen LogP contribution in [0.1, 0.15) is 0 Å². The van der Waals surface area contributed by atoms with Gasteiger partial charge in [0.05, 0.1) is 16.5 Å². The number of nitrogens with zero attached hydrogens (tertiary/aromatic N) is 3. The Labute approximate surface area is 134 Å². The van der Waals surface area contributed by atoms with E-state index in [0.717, 1.165) is 0 Å². The maximum Gasteiger partial charge on any atom is 0.0791 e. The third-order valence-corrected chi connectivity index (χ3v) is 3.66. The van der Waals surface area contributed by atoms with Crippen LogP contribution in [0.4, 0.5) is 0 Å². The van der Waals surface area contributed by atoms with Crippen molar-refractivity contribution in [3.05, 3.63) is 74.2 Å². The van der Waals surface area contributed by atoms with Crippen molar-refractivity contribution in [2.75, 3.05) is 0 Å². The number of thiazole rings is 3. The minimum Gasteiger partial charge on any atom is -0.253 e. The van der Waals surface area contributed by atoms with Crippen molar-refractivity contribution in [1.82, 2.24) is 15.0 Å². The van der Waals surface area contributed by atoms with Gasteiger partial charge in [-0.25, -0.2) is 0 Å². The zero-order chi connectivity index (χ0) is 14.1. The molecule has 0 fully saturated rings. The summed E-state index contributed by atoms with van der Waals surface area (Å²) in [6.45, 7) is 0. The number of thiophene rings is 1. The monoisotopic (exact) mass is 339 g/mol. The zero-order valence-corrected chi connectivity index (χ0v) is 13.7. The van der Waals surface area contributed by atoms with Gasteiger partial charge in [0.2, 0.25) is 0 Å². The van der Waals surface area contributed by atoms with Crippen LogP contribution in [0, 0.1) is 0 Å². The Kier molecular flexibility index (Phi) is 11.7. The van der Waals surface area contributed by atoms with Gasteiger partial charge in [0.1, 0.15) is 0 Å². The van der Waals surface area contributed by atoms with Crippen LogP contribution >= 0.6 is 45.3 Å². The summed E-state index contributed by atoms with van der Waals surface area (Å²) in [6.07, 6.45) is 5.31. The number of hydrogen-bond donors (Lipinski definition) is 0. The van der Waals surface area contributed by atoms with Crippen LogP contribution in [0.3, 0.4) is 0 Å². The average Bonchev–Trinajstić information content (AvgIpc) is 3.40. The lowest BCUT2D eigenvalue weighted by molar-refractivity contribution is 1.43. The molecule has 0 amide bonds. The van der Waals surface area contributed by atoms with E-state index in [1.165, 1.54) is 0 Å². The molecule has 20 heavy (non-hydrogen) atoms. The molecule has 0 saturated carbocycles. The summed E-state index contributed by atoms with van der Waals surface area (Å²) < 4.78 is 0. The molecule has 0 N–H and O–H groups in total. The van der Waals surface area contributed by atoms with Gasteiger partial charge in [-0.1, -0.05) is 12.1 Å². The molecule has 4 aromatic rings. The third-order valence-electron chi connectivity index (χ3n) is 1.47. The van der Waals surface area contributed by atoms with E-state index in [9.17, 15) is 0 Å². The first kappa shape index (κ1) is 16.6.